The lowest BCUT2D eigenvalue weighted by atomic mass is 9.90. The van der Waals surface area contributed by atoms with Gasteiger partial charge in [-0.15, -0.1) is 13.2 Å². The van der Waals surface area contributed by atoms with Gasteiger partial charge in [0.15, 0.2) is 0 Å². The summed E-state index contributed by atoms with van der Waals surface area (Å²) in [7, 11) is 3.23. The molecule has 0 saturated heterocycles. The van der Waals surface area contributed by atoms with Crippen molar-refractivity contribution in [2.75, 3.05) is 14.2 Å². The highest BCUT2D eigenvalue weighted by molar-refractivity contribution is 5.28. The molecule has 5 rings (SSSR count). The molecule has 0 bridgehead atoms. The third-order valence-corrected chi connectivity index (χ3v) is 9.98. The summed E-state index contributed by atoms with van der Waals surface area (Å²) in [5, 5.41) is 10.5. The maximum atomic E-state index is 14.3. The van der Waals surface area contributed by atoms with E-state index in [4.69, 9.17) is 23.7 Å². The van der Waals surface area contributed by atoms with Crippen molar-refractivity contribution < 1.29 is 46.4 Å². The van der Waals surface area contributed by atoms with E-state index in [1.54, 1.807) is 33.3 Å². The second-order valence-corrected chi connectivity index (χ2v) is 14.2. The summed E-state index contributed by atoms with van der Waals surface area (Å²) in [6.45, 7) is 12.5. The molecule has 6 nitrogen and oxygen atoms in total. The average molecular weight is 815 g/mol. The Morgan fingerprint density at radius 2 is 0.966 bits per heavy atom. The van der Waals surface area contributed by atoms with Gasteiger partial charge in [-0.05, 0) is 90.9 Å². The van der Waals surface area contributed by atoms with Crippen molar-refractivity contribution in [2.24, 2.45) is 11.8 Å². The predicted octanol–water partition coefficient (Wildman–Crippen LogP) is 10.8. The Hall–Kier alpha value is -5.26. The van der Waals surface area contributed by atoms with Crippen LogP contribution in [0.5, 0.6) is 11.5 Å². The maximum Gasteiger partial charge on any atom is 0.129 e. The van der Waals surface area contributed by atoms with Gasteiger partial charge < -0.3 is 28.8 Å². The summed E-state index contributed by atoms with van der Waals surface area (Å²) < 4.78 is 83.1. The van der Waals surface area contributed by atoms with E-state index < -0.39 is 41.4 Å². The van der Waals surface area contributed by atoms with Crippen LogP contribution in [0, 0.1) is 35.1 Å². The van der Waals surface area contributed by atoms with Crippen molar-refractivity contribution in [1.29, 1.82) is 0 Å². The summed E-state index contributed by atoms with van der Waals surface area (Å²) in [5.41, 5.74) is 3.73. The Bertz CT molecular complexity index is 2010. The van der Waals surface area contributed by atoms with Crippen LogP contribution in [0.1, 0.15) is 41.7 Å². The van der Waals surface area contributed by atoms with Crippen LogP contribution in [0.3, 0.4) is 0 Å². The van der Waals surface area contributed by atoms with Crippen molar-refractivity contribution >= 4 is 0 Å². The SMILES string of the molecule is C=C[C@H](Cc1ccc(F)cc1F)[C@@H](O)[C@H](C)OCc1ccc(OC)cc1.C=C[C@H](Cc1ccc(F)cc1F)[C@@H](OCc1ccccc1)[C@H](C)OCc1ccc(OC)cc1. The van der Waals surface area contributed by atoms with Gasteiger partial charge >= 0.3 is 0 Å². The molecule has 5 aromatic rings. The summed E-state index contributed by atoms with van der Waals surface area (Å²) >= 11 is 0. The van der Waals surface area contributed by atoms with Crippen molar-refractivity contribution in [3.8, 4) is 11.5 Å². The molecule has 0 amide bonds. The number of rotatable bonds is 21. The van der Waals surface area contributed by atoms with E-state index in [0.717, 1.165) is 40.3 Å². The average Bonchev–Trinajstić information content (AvgIpc) is 3.25. The van der Waals surface area contributed by atoms with Gasteiger partial charge in [-0.25, -0.2) is 17.6 Å². The fourth-order valence-electron chi connectivity index (χ4n) is 6.37. The number of ether oxygens (including phenoxy) is 5. The van der Waals surface area contributed by atoms with E-state index in [9.17, 15) is 22.7 Å². The molecule has 6 atom stereocenters. The first kappa shape index (κ1) is 46.4. The lowest BCUT2D eigenvalue weighted by molar-refractivity contribution is -0.0943. The minimum atomic E-state index is -0.866. The van der Waals surface area contributed by atoms with E-state index in [-0.39, 0.29) is 24.5 Å². The van der Waals surface area contributed by atoms with Gasteiger partial charge in [-0.2, -0.15) is 0 Å². The van der Waals surface area contributed by atoms with E-state index in [2.05, 4.69) is 13.2 Å². The van der Waals surface area contributed by atoms with Crippen LogP contribution in [-0.4, -0.2) is 43.7 Å². The molecule has 0 aromatic heterocycles. The monoisotopic (exact) mass is 814 g/mol. The molecular weight excluding hydrogens is 761 g/mol. The highest BCUT2D eigenvalue weighted by Crippen LogP contribution is 2.26. The molecule has 0 aliphatic rings. The van der Waals surface area contributed by atoms with Gasteiger partial charge in [-0.3, -0.25) is 0 Å². The molecule has 314 valence electrons. The summed E-state index contributed by atoms with van der Waals surface area (Å²) in [5.74, 6) is -1.54. The van der Waals surface area contributed by atoms with Crippen LogP contribution in [-0.2, 0) is 46.9 Å². The second kappa shape index (κ2) is 24.0. The number of halogens is 4. The van der Waals surface area contributed by atoms with E-state index in [1.165, 1.54) is 24.3 Å². The largest absolute Gasteiger partial charge is 0.497 e. The molecule has 10 heteroatoms. The molecule has 0 fully saturated rings. The molecular formula is C49H54F4O6. The Labute approximate surface area is 345 Å². The fraction of sp³-hybridized carbons (Fsp3) is 0.306. The van der Waals surface area contributed by atoms with Gasteiger partial charge in [-0.1, -0.05) is 78.9 Å². The molecule has 0 radical (unpaired) electrons. The number of aliphatic hydroxyl groups is 1. The molecule has 0 aliphatic heterocycles. The van der Waals surface area contributed by atoms with Crippen LogP contribution in [0.15, 0.2) is 141 Å². The van der Waals surface area contributed by atoms with E-state index >= 15 is 0 Å². The Morgan fingerprint density at radius 3 is 1.41 bits per heavy atom. The Morgan fingerprint density at radius 1 is 0.542 bits per heavy atom. The zero-order valence-electron chi connectivity index (χ0n) is 34.0. The number of benzene rings is 5. The van der Waals surface area contributed by atoms with Crippen LogP contribution >= 0.6 is 0 Å². The molecule has 0 saturated carbocycles. The minimum Gasteiger partial charge on any atom is -0.497 e. The van der Waals surface area contributed by atoms with E-state index in [1.807, 2.05) is 85.8 Å². The highest BCUT2D eigenvalue weighted by atomic mass is 19.1. The standard InChI is InChI=1S/C28H30F2O3.C21H24F2O3/c1-4-23(16-24-12-13-25(29)17-27(24)30)28(33-19-21-8-6-5-7-9-21)20(2)32-18-22-10-14-26(31-3)15-11-22;1-4-16(11-17-7-8-18(22)12-20(17)23)21(24)14(2)26-13-15-5-9-19(25-3)10-6-15/h4-15,17,20,23,28H,1,16,18-19H2,2-3H3;4-10,12,14,16,21,24H,1,11,13H2,2-3H3/t20-,23+,28-;14-,16+,21-/m00/s1. The molecule has 0 aliphatic carbocycles. The number of aliphatic hydroxyl groups excluding tert-OH is 1. The van der Waals surface area contributed by atoms with Gasteiger partial charge in [0.25, 0.3) is 0 Å². The highest BCUT2D eigenvalue weighted by Gasteiger charge is 2.28. The summed E-state index contributed by atoms with van der Waals surface area (Å²) in [6, 6.07) is 32.0. The van der Waals surface area contributed by atoms with Gasteiger partial charge in [0.2, 0.25) is 0 Å². The first-order valence-corrected chi connectivity index (χ1v) is 19.4. The smallest absolute Gasteiger partial charge is 0.129 e. The van der Waals surface area contributed by atoms with E-state index in [0.29, 0.717) is 37.4 Å². The van der Waals surface area contributed by atoms with Gasteiger partial charge in [0, 0.05) is 24.0 Å². The van der Waals surface area contributed by atoms with Crippen LogP contribution in [0.4, 0.5) is 17.6 Å². The topological polar surface area (TPSA) is 66.4 Å². The Balaban J connectivity index is 0.000000268. The van der Waals surface area contributed by atoms with Gasteiger partial charge in [0.1, 0.15) is 34.8 Å². The van der Waals surface area contributed by atoms with Crippen LogP contribution in [0.2, 0.25) is 0 Å². The third-order valence-electron chi connectivity index (χ3n) is 9.98. The second-order valence-electron chi connectivity index (χ2n) is 14.2. The van der Waals surface area contributed by atoms with Crippen LogP contribution < -0.4 is 9.47 Å². The maximum absolute atomic E-state index is 14.3. The Kier molecular flexibility index (Phi) is 18.9. The van der Waals surface area contributed by atoms with Crippen LogP contribution in [0.25, 0.3) is 0 Å². The zero-order chi connectivity index (χ0) is 42.7. The number of methoxy groups -OCH3 is 2. The fourth-order valence-corrected chi connectivity index (χ4v) is 6.37. The molecule has 5 aromatic carbocycles. The molecule has 0 heterocycles. The first-order valence-electron chi connectivity index (χ1n) is 19.4. The molecule has 59 heavy (non-hydrogen) atoms. The number of hydrogen-bond donors (Lipinski definition) is 1. The summed E-state index contributed by atoms with van der Waals surface area (Å²) in [4.78, 5) is 0. The van der Waals surface area contributed by atoms with Crippen molar-refractivity contribution in [2.45, 2.75) is 70.9 Å². The van der Waals surface area contributed by atoms with Crippen molar-refractivity contribution in [3.05, 3.63) is 192 Å². The summed E-state index contributed by atoms with van der Waals surface area (Å²) in [6.07, 6.45) is 1.83. The molecule has 0 spiro atoms. The van der Waals surface area contributed by atoms with Crippen molar-refractivity contribution in [3.63, 3.8) is 0 Å². The predicted molar refractivity (Wildman–Crippen MR) is 223 cm³/mol. The van der Waals surface area contributed by atoms with Gasteiger partial charge in [0.05, 0.1) is 58.5 Å². The molecule has 0 unspecified atom stereocenters. The normalized spacial score (nSPS) is 14.1. The quantitative estimate of drug-likeness (QED) is 0.0588. The third kappa shape index (κ3) is 14.8. The first-order chi connectivity index (χ1) is 28.4. The lowest BCUT2D eigenvalue weighted by Gasteiger charge is -2.30. The zero-order valence-corrected chi connectivity index (χ0v) is 34.0. The molecule has 1 N–H and O–H groups in total. The minimum absolute atomic E-state index is 0.215. The van der Waals surface area contributed by atoms with Crippen molar-refractivity contribution in [1.82, 2.24) is 0 Å². The number of hydrogen-bond acceptors (Lipinski definition) is 6. The lowest BCUT2D eigenvalue weighted by Crippen LogP contribution is -2.36.